The van der Waals surface area contributed by atoms with Crippen molar-refractivity contribution in [3.05, 3.63) is 34.6 Å². The van der Waals surface area contributed by atoms with Crippen molar-refractivity contribution in [3.63, 3.8) is 0 Å². The fraction of sp³-hybridized carbons (Fsp3) is 0.467. The number of amides is 1. The van der Waals surface area contributed by atoms with E-state index in [9.17, 15) is 14.0 Å². The van der Waals surface area contributed by atoms with E-state index in [1.54, 1.807) is 0 Å². The molecule has 2 N–H and O–H groups in total. The second-order valence-electron chi connectivity index (χ2n) is 5.43. The summed E-state index contributed by atoms with van der Waals surface area (Å²) < 4.78 is 13.6. The molecule has 0 saturated carbocycles. The van der Waals surface area contributed by atoms with Gasteiger partial charge in [-0.25, -0.2) is 4.39 Å². The highest BCUT2D eigenvalue weighted by Gasteiger charge is 2.18. The molecule has 1 atom stereocenters. The quantitative estimate of drug-likeness (QED) is 0.811. The molecular weight excluding hydrogens is 297 g/mol. The number of rotatable bonds is 7. The molecule has 1 amide bonds. The number of carbonyl (C=O) groups is 2. The van der Waals surface area contributed by atoms with Crippen molar-refractivity contribution in [2.45, 2.75) is 26.7 Å². The zero-order chi connectivity index (χ0) is 16.0. The van der Waals surface area contributed by atoms with Crippen LogP contribution in [0.3, 0.4) is 0 Å². The van der Waals surface area contributed by atoms with Gasteiger partial charge in [0.25, 0.3) is 5.91 Å². The van der Waals surface area contributed by atoms with E-state index in [1.165, 1.54) is 12.1 Å². The number of benzene rings is 1. The summed E-state index contributed by atoms with van der Waals surface area (Å²) in [6, 6.07) is 3.74. The van der Waals surface area contributed by atoms with Gasteiger partial charge in [-0.2, -0.15) is 0 Å². The van der Waals surface area contributed by atoms with Gasteiger partial charge in [0.1, 0.15) is 5.82 Å². The predicted molar refractivity (Wildman–Crippen MR) is 78.9 cm³/mol. The van der Waals surface area contributed by atoms with E-state index in [-0.39, 0.29) is 29.5 Å². The lowest BCUT2D eigenvalue weighted by Gasteiger charge is -2.18. The average molecular weight is 316 g/mol. The monoisotopic (exact) mass is 315 g/mol. The third kappa shape index (κ3) is 6.12. The second-order valence-corrected chi connectivity index (χ2v) is 5.86. The Balaban J connectivity index is 2.68. The molecule has 6 heteroatoms. The Bertz CT molecular complexity index is 520. The minimum Gasteiger partial charge on any atom is -0.481 e. The summed E-state index contributed by atoms with van der Waals surface area (Å²) in [4.78, 5) is 22.8. The highest BCUT2D eigenvalue weighted by Crippen LogP contribution is 2.17. The molecule has 1 aromatic carbocycles. The number of carboxylic acids is 1. The SMILES string of the molecule is CC(C)CC(CNC(=O)c1cc(Cl)ccc1F)CC(=O)O. The topological polar surface area (TPSA) is 66.4 Å². The van der Waals surface area contributed by atoms with Crippen LogP contribution in [0.1, 0.15) is 37.0 Å². The molecule has 0 aromatic heterocycles. The van der Waals surface area contributed by atoms with Crippen molar-refractivity contribution in [3.8, 4) is 0 Å². The van der Waals surface area contributed by atoms with Crippen LogP contribution in [0.2, 0.25) is 5.02 Å². The molecule has 1 unspecified atom stereocenters. The maximum absolute atomic E-state index is 13.6. The number of nitrogens with one attached hydrogen (secondary N) is 1. The second kappa shape index (κ2) is 7.98. The average Bonchev–Trinajstić information content (AvgIpc) is 2.37. The fourth-order valence-electron chi connectivity index (χ4n) is 2.16. The van der Waals surface area contributed by atoms with Crippen LogP contribution in [0, 0.1) is 17.7 Å². The lowest BCUT2D eigenvalue weighted by atomic mass is 9.94. The fourth-order valence-corrected chi connectivity index (χ4v) is 2.33. The predicted octanol–water partition coefficient (Wildman–Crippen LogP) is 3.35. The van der Waals surface area contributed by atoms with Crippen molar-refractivity contribution < 1.29 is 19.1 Å². The van der Waals surface area contributed by atoms with Gasteiger partial charge in [-0.3, -0.25) is 9.59 Å². The summed E-state index contributed by atoms with van der Waals surface area (Å²) in [6.07, 6.45) is 0.640. The van der Waals surface area contributed by atoms with Crippen molar-refractivity contribution >= 4 is 23.5 Å². The first-order valence-electron chi connectivity index (χ1n) is 6.74. The number of carboxylic acid groups (broad SMARTS) is 1. The molecule has 0 saturated heterocycles. The van der Waals surface area contributed by atoms with E-state index < -0.39 is 17.7 Å². The number of halogens is 2. The normalized spacial score (nSPS) is 12.2. The molecule has 0 radical (unpaired) electrons. The van der Waals surface area contributed by atoms with Crippen LogP contribution in [0.25, 0.3) is 0 Å². The molecule has 0 aliphatic carbocycles. The maximum Gasteiger partial charge on any atom is 0.303 e. The molecule has 1 rings (SSSR count). The van der Waals surface area contributed by atoms with Crippen LogP contribution in [0.4, 0.5) is 4.39 Å². The molecule has 21 heavy (non-hydrogen) atoms. The molecule has 116 valence electrons. The van der Waals surface area contributed by atoms with Crippen molar-refractivity contribution in [2.75, 3.05) is 6.54 Å². The number of aliphatic carboxylic acids is 1. The smallest absolute Gasteiger partial charge is 0.303 e. The zero-order valence-electron chi connectivity index (χ0n) is 12.0. The first kappa shape index (κ1) is 17.4. The Morgan fingerprint density at radius 1 is 1.38 bits per heavy atom. The summed E-state index contributed by atoms with van der Waals surface area (Å²) in [5, 5.41) is 11.7. The van der Waals surface area contributed by atoms with Crippen LogP contribution >= 0.6 is 11.6 Å². The van der Waals surface area contributed by atoms with Gasteiger partial charge in [0.15, 0.2) is 0 Å². The van der Waals surface area contributed by atoms with Gasteiger partial charge in [0.2, 0.25) is 0 Å². The lowest BCUT2D eigenvalue weighted by molar-refractivity contribution is -0.138. The third-order valence-corrected chi connectivity index (χ3v) is 3.23. The third-order valence-electron chi connectivity index (χ3n) is 2.99. The summed E-state index contributed by atoms with van der Waals surface area (Å²) in [5.41, 5.74) is -0.138. The van der Waals surface area contributed by atoms with Gasteiger partial charge in [0.05, 0.1) is 5.56 Å². The van der Waals surface area contributed by atoms with Gasteiger partial charge in [-0.1, -0.05) is 25.4 Å². The number of hydrogen-bond acceptors (Lipinski definition) is 2. The molecule has 0 spiro atoms. The molecule has 0 bridgehead atoms. The van der Waals surface area contributed by atoms with E-state index in [2.05, 4.69) is 5.32 Å². The highest BCUT2D eigenvalue weighted by atomic mass is 35.5. The molecule has 0 aliphatic rings. The van der Waals surface area contributed by atoms with Gasteiger partial charge < -0.3 is 10.4 Å². The summed E-state index contributed by atoms with van der Waals surface area (Å²) >= 11 is 5.74. The Morgan fingerprint density at radius 2 is 2.05 bits per heavy atom. The molecule has 1 aromatic rings. The Labute approximate surface area is 128 Å². The van der Waals surface area contributed by atoms with Crippen LogP contribution < -0.4 is 5.32 Å². The van der Waals surface area contributed by atoms with Crippen LogP contribution in [-0.2, 0) is 4.79 Å². The molecular formula is C15H19ClFNO3. The first-order valence-corrected chi connectivity index (χ1v) is 7.12. The summed E-state index contributed by atoms with van der Waals surface area (Å²) in [5.74, 6) is -2.03. The van der Waals surface area contributed by atoms with E-state index in [0.717, 1.165) is 6.07 Å². The summed E-state index contributed by atoms with van der Waals surface area (Å²) in [6.45, 7) is 4.15. The minimum absolute atomic E-state index is 0.0313. The van der Waals surface area contributed by atoms with E-state index in [4.69, 9.17) is 16.7 Å². The molecule has 4 nitrogen and oxygen atoms in total. The van der Waals surface area contributed by atoms with Crippen molar-refractivity contribution in [1.82, 2.24) is 5.32 Å². The molecule has 0 heterocycles. The summed E-state index contributed by atoms with van der Waals surface area (Å²) in [7, 11) is 0. The van der Waals surface area contributed by atoms with Crippen LogP contribution in [-0.4, -0.2) is 23.5 Å². The Hall–Kier alpha value is -1.62. The van der Waals surface area contributed by atoms with E-state index in [1.807, 2.05) is 13.8 Å². The Morgan fingerprint density at radius 3 is 2.62 bits per heavy atom. The van der Waals surface area contributed by atoms with Gasteiger partial charge in [-0.05, 0) is 36.5 Å². The first-order chi connectivity index (χ1) is 9.79. The Kier molecular flexibility index (Phi) is 6.62. The highest BCUT2D eigenvalue weighted by molar-refractivity contribution is 6.31. The van der Waals surface area contributed by atoms with Crippen molar-refractivity contribution in [2.24, 2.45) is 11.8 Å². The largest absolute Gasteiger partial charge is 0.481 e. The number of hydrogen-bond donors (Lipinski definition) is 2. The van der Waals surface area contributed by atoms with Gasteiger partial charge in [0, 0.05) is 18.0 Å². The van der Waals surface area contributed by atoms with E-state index in [0.29, 0.717) is 12.3 Å². The van der Waals surface area contributed by atoms with Crippen LogP contribution in [0.15, 0.2) is 18.2 Å². The number of carbonyl (C=O) groups excluding carboxylic acids is 1. The minimum atomic E-state index is -0.913. The van der Waals surface area contributed by atoms with Gasteiger partial charge >= 0.3 is 5.97 Å². The lowest BCUT2D eigenvalue weighted by Crippen LogP contribution is -2.31. The maximum atomic E-state index is 13.6. The zero-order valence-corrected chi connectivity index (χ0v) is 12.8. The standard InChI is InChI=1S/C15H19ClFNO3/c1-9(2)5-10(6-14(19)20)8-18-15(21)12-7-11(16)3-4-13(12)17/h3-4,7,9-10H,5-6,8H2,1-2H3,(H,18,21)(H,19,20). The molecule has 0 aliphatic heterocycles. The van der Waals surface area contributed by atoms with Gasteiger partial charge in [-0.15, -0.1) is 0 Å². The van der Waals surface area contributed by atoms with E-state index >= 15 is 0 Å². The van der Waals surface area contributed by atoms with Crippen LogP contribution in [0.5, 0.6) is 0 Å². The van der Waals surface area contributed by atoms with Crippen molar-refractivity contribution in [1.29, 1.82) is 0 Å². The molecule has 0 fully saturated rings.